The van der Waals surface area contributed by atoms with E-state index in [0.717, 1.165) is 18.2 Å². The van der Waals surface area contributed by atoms with Crippen molar-refractivity contribution in [3.8, 4) is 11.5 Å². The molecular formula is C28H25N3O8S2. The van der Waals surface area contributed by atoms with Crippen LogP contribution in [0.15, 0.2) is 113 Å². The lowest BCUT2D eigenvalue weighted by Gasteiger charge is -2.14. The molecule has 0 unspecified atom stereocenters. The lowest BCUT2D eigenvalue weighted by molar-refractivity contribution is -0.118. The number of Topliss-reactive ketones (excluding diaryl/α,β-unsaturated/α-hetero) is 1. The number of primary sulfonamides is 1. The minimum absolute atomic E-state index is 0.172. The summed E-state index contributed by atoms with van der Waals surface area (Å²) in [6.45, 7) is -0.736. The van der Waals surface area contributed by atoms with Gasteiger partial charge in [0.15, 0.2) is 13.2 Å². The zero-order valence-corrected chi connectivity index (χ0v) is 23.0. The number of hydrogen-bond acceptors (Lipinski definition) is 8. The lowest BCUT2D eigenvalue weighted by atomic mass is 10.1. The molecular weight excluding hydrogens is 570 g/mol. The molecule has 0 saturated heterocycles. The van der Waals surface area contributed by atoms with Gasteiger partial charge < -0.3 is 14.8 Å². The fourth-order valence-corrected chi connectivity index (χ4v) is 5.17. The van der Waals surface area contributed by atoms with Crippen molar-refractivity contribution in [1.29, 1.82) is 0 Å². The van der Waals surface area contributed by atoms with Crippen molar-refractivity contribution in [3.63, 3.8) is 0 Å². The summed E-state index contributed by atoms with van der Waals surface area (Å²) in [5.74, 6) is -0.215. The van der Waals surface area contributed by atoms with Gasteiger partial charge in [-0.05, 0) is 66.7 Å². The smallest absolute Gasteiger partial charge is 0.262 e. The van der Waals surface area contributed by atoms with Gasteiger partial charge in [-0.1, -0.05) is 36.4 Å². The van der Waals surface area contributed by atoms with Crippen LogP contribution in [0.2, 0.25) is 0 Å². The number of ether oxygens (including phenoxy) is 2. The van der Waals surface area contributed by atoms with Crippen molar-refractivity contribution in [2.75, 3.05) is 23.3 Å². The molecule has 0 bridgehead atoms. The number of sulfonamides is 2. The van der Waals surface area contributed by atoms with Crippen LogP contribution in [0.25, 0.3) is 0 Å². The van der Waals surface area contributed by atoms with Crippen LogP contribution in [0.4, 0.5) is 11.4 Å². The standard InChI is InChI=1S/C28H25N3O8S2/c29-40(34,35)24-15-16-26(25(17-24)27(32)18-38-21-7-3-1-4-8-21)31-41(36,37)23-13-11-20(12-14-23)30-28(33)19-39-22-9-5-2-6-10-22/h1-17,31H,18-19H2,(H,30,33)(H2,29,34,35). The third-order valence-electron chi connectivity index (χ3n) is 5.54. The Bertz CT molecular complexity index is 1750. The minimum atomic E-state index is -4.24. The predicted octanol–water partition coefficient (Wildman–Crippen LogP) is 3.41. The summed E-state index contributed by atoms with van der Waals surface area (Å²) in [5.41, 5.74) is -0.0927. The van der Waals surface area contributed by atoms with Gasteiger partial charge in [-0.25, -0.2) is 22.0 Å². The summed E-state index contributed by atoms with van der Waals surface area (Å²) in [6, 6.07) is 25.7. The zero-order valence-electron chi connectivity index (χ0n) is 21.4. The van der Waals surface area contributed by atoms with Crippen LogP contribution in [-0.2, 0) is 24.8 Å². The largest absolute Gasteiger partial charge is 0.485 e. The summed E-state index contributed by atoms with van der Waals surface area (Å²) in [6.07, 6.45) is 0. The summed E-state index contributed by atoms with van der Waals surface area (Å²) in [4.78, 5) is 24.6. The molecule has 0 fully saturated rings. The molecule has 4 aromatic carbocycles. The molecule has 0 aliphatic carbocycles. The average Bonchev–Trinajstić information content (AvgIpc) is 2.95. The van der Waals surface area contributed by atoms with Gasteiger partial charge in [-0.3, -0.25) is 14.3 Å². The van der Waals surface area contributed by atoms with Crippen molar-refractivity contribution >= 4 is 43.1 Å². The van der Waals surface area contributed by atoms with Gasteiger partial charge in [0.25, 0.3) is 15.9 Å². The Morgan fingerprint density at radius 1 is 0.683 bits per heavy atom. The maximum atomic E-state index is 13.1. The molecule has 0 heterocycles. The highest BCUT2D eigenvalue weighted by Crippen LogP contribution is 2.25. The van der Waals surface area contributed by atoms with E-state index in [1.165, 1.54) is 24.3 Å². The summed E-state index contributed by atoms with van der Waals surface area (Å²) < 4.78 is 63.2. The number of carbonyl (C=O) groups excluding carboxylic acids is 2. The first kappa shape index (κ1) is 29.3. The molecule has 41 heavy (non-hydrogen) atoms. The number of anilines is 2. The highest BCUT2D eigenvalue weighted by molar-refractivity contribution is 7.92. The Labute approximate surface area is 237 Å². The first-order chi connectivity index (χ1) is 19.5. The van der Waals surface area contributed by atoms with E-state index in [-0.39, 0.29) is 27.6 Å². The van der Waals surface area contributed by atoms with E-state index in [0.29, 0.717) is 17.2 Å². The number of nitrogens with two attached hydrogens (primary N) is 1. The Morgan fingerprint density at radius 2 is 1.22 bits per heavy atom. The van der Waals surface area contributed by atoms with Crippen molar-refractivity contribution in [1.82, 2.24) is 0 Å². The molecule has 0 aromatic heterocycles. The third kappa shape index (κ3) is 8.14. The molecule has 11 nitrogen and oxygen atoms in total. The highest BCUT2D eigenvalue weighted by Gasteiger charge is 2.22. The van der Waals surface area contributed by atoms with E-state index in [4.69, 9.17) is 14.6 Å². The molecule has 0 saturated carbocycles. The SMILES string of the molecule is NS(=O)(=O)c1ccc(NS(=O)(=O)c2ccc(NC(=O)COc3ccccc3)cc2)c(C(=O)COc2ccccc2)c1. The van der Waals surface area contributed by atoms with E-state index in [1.54, 1.807) is 54.6 Å². The van der Waals surface area contributed by atoms with E-state index >= 15 is 0 Å². The monoisotopic (exact) mass is 595 g/mol. The Morgan fingerprint density at radius 3 is 1.78 bits per heavy atom. The minimum Gasteiger partial charge on any atom is -0.485 e. The van der Waals surface area contributed by atoms with Crippen LogP contribution >= 0.6 is 0 Å². The normalized spacial score (nSPS) is 11.3. The second-order valence-corrected chi connectivity index (χ2v) is 11.8. The molecule has 0 atom stereocenters. The van der Waals surface area contributed by atoms with Gasteiger partial charge in [-0.2, -0.15) is 0 Å². The van der Waals surface area contributed by atoms with Gasteiger partial charge >= 0.3 is 0 Å². The second kappa shape index (κ2) is 12.6. The molecule has 4 aromatic rings. The topological polar surface area (TPSA) is 171 Å². The molecule has 1 amide bonds. The fraction of sp³-hybridized carbons (Fsp3) is 0.0714. The van der Waals surface area contributed by atoms with Gasteiger partial charge in [0, 0.05) is 11.3 Å². The molecule has 212 valence electrons. The highest BCUT2D eigenvalue weighted by atomic mass is 32.2. The average molecular weight is 596 g/mol. The maximum Gasteiger partial charge on any atom is 0.262 e. The molecule has 0 aliphatic rings. The second-order valence-electron chi connectivity index (χ2n) is 8.56. The molecule has 13 heteroatoms. The van der Waals surface area contributed by atoms with E-state index < -0.39 is 38.3 Å². The molecule has 0 radical (unpaired) electrons. The van der Waals surface area contributed by atoms with Gasteiger partial charge in [-0.15, -0.1) is 0 Å². The Kier molecular flexibility index (Phi) is 9.02. The summed E-state index contributed by atoms with van der Waals surface area (Å²) in [5, 5.41) is 7.82. The number of nitrogens with one attached hydrogen (secondary N) is 2. The first-order valence-corrected chi connectivity index (χ1v) is 15.0. The maximum absolute atomic E-state index is 13.1. The quantitative estimate of drug-likeness (QED) is 0.209. The molecule has 0 aliphatic heterocycles. The van der Waals surface area contributed by atoms with E-state index in [9.17, 15) is 26.4 Å². The van der Waals surface area contributed by atoms with Gasteiger partial charge in [0.2, 0.25) is 15.8 Å². The summed E-state index contributed by atoms with van der Waals surface area (Å²) in [7, 11) is -8.42. The lowest BCUT2D eigenvalue weighted by Crippen LogP contribution is -2.21. The van der Waals surface area contributed by atoms with Crippen molar-refractivity contribution in [2.24, 2.45) is 5.14 Å². The van der Waals surface area contributed by atoms with Crippen LogP contribution in [0.5, 0.6) is 11.5 Å². The van der Waals surface area contributed by atoms with E-state index in [1.807, 2.05) is 6.07 Å². The molecule has 4 rings (SSSR count). The number of amides is 1. The summed E-state index contributed by atoms with van der Waals surface area (Å²) >= 11 is 0. The number of ketones is 1. The Balaban J connectivity index is 1.48. The van der Waals surface area contributed by atoms with Crippen molar-refractivity contribution in [3.05, 3.63) is 109 Å². The number of para-hydroxylation sites is 2. The van der Waals surface area contributed by atoms with E-state index in [2.05, 4.69) is 10.0 Å². The molecule has 0 spiro atoms. The van der Waals surface area contributed by atoms with Crippen LogP contribution in [-0.4, -0.2) is 41.7 Å². The van der Waals surface area contributed by atoms with Crippen LogP contribution < -0.4 is 24.7 Å². The zero-order chi connectivity index (χ0) is 29.5. The van der Waals surface area contributed by atoms with Crippen LogP contribution in [0.1, 0.15) is 10.4 Å². The number of rotatable bonds is 12. The number of carbonyl (C=O) groups is 2. The Hall–Kier alpha value is -4.72. The van der Waals surface area contributed by atoms with Crippen molar-refractivity contribution in [2.45, 2.75) is 9.79 Å². The molecule has 4 N–H and O–H groups in total. The number of hydrogen-bond donors (Lipinski definition) is 3. The predicted molar refractivity (Wildman–Crippen MR) is 152 cm³/mol. The van der Waals surface area contributed by atoms with Crippen LogP contribution in [0.3, 0.4) is 0 Å². The van der Waals surface area contributed by atoms with Crippen molar-refractivity contribution < 1.29 is 35.9 Å². The fourth-order valence-electron chi connectivity index (χ4n) is 3.55. The van der Waals surface area contributed by atoms with Crippen LogP contribution in [0, 0.1) is 0 Å². The van der Waals surface area contributed by atoms with Gasteiger partial charge in [0.05, 0.1) is 15.5 Å². The first-order valence-electron chi connectivity index (χ1n) is 12.0. The third-order valence-corrected chi connectivity index (χ3v) is 7.83. The van der Waals surface area contributed by atoms with Gasteiger partial charge in [0.1, 0.15) is 11.5 Å². The number of benzene rings is 4.